The Morgan fingerprint density at radius 1 is 0.947 bits per heavy atom. The Bertz CT molecular complexity index is 2390. The number of rotatable bonds is 23. The van der Waals surface area contributed by atoms with Gasteiger partial charge < -0.3 is 56.4 Å². The lowest BCUT2D eigenvalue weighted by molar-refractivity contribution is -0.141. The summed E-state index contributed by atoms with van der Waals surface area (Å²) >= 11 is 0. The third-order valence-electron chi connectivity index (χ3n) is 15.2. The molecule has 1 aromatic carbocycles. The monoisotopic (exact) mass is 1050 g/mol. The lowest BCUT2D eigenvalue weighted by Gasteiger charge is -2.39. The third-order valence-corrected chi connectivity index (χ3v) is 15.2. The zero-order valence-electron chi connectivity index (χ0n) is 45.3. The van der Waals surface area contributed by atoms with Crippen LogP contribution < -0.4 is 32.3 Å². The third kappa shape index (κ3) is 17.3. The number of nitrogens with one attached hydrogen (secondary N) is 5. The Labute approximate surface area is 448 Å². The van der Waals surface area contributed by atoms with Gasteiger partial charge in [-0.15, -0.1) is 0 Å². The number of aliphatic hydroxyl groups is 1. The van der Waals surface area contributed by atoms with Gasteiger partial charge in [0.1, 0.15) is 30.9 Å². The summed E-state index contributed by atoms with van der Waals surface area (Å²) in [5.74, 6) is -0.527. The second kappa shape index (κ2) is 28.1. The van der Waals surface area contributed by atoms with Crippen molar-refractivity contribution in [3.8, 4) is 0 Å². The second-order valence-electron chi connectivity index (χ2n) is 21.6. The van der Waals surface area contributed by atoms with E-state index in [2.05, 4.69) is 51.7 Å². The van der Waals surface area contributed by atoms with Crippen LogP contribution in [0.15, 0.2) is 108 Å². The van der Waals surface area contributed by atoms with Gasteiger partial charge in [-0.25, -0.2) is 19.2 Å². The molecule has 17 heteroatoms. The number of alkyl carbamates (subject to hydrolysis) is 2. The molecule has 6 amide bonds. The molecule has 414 valence electrons. The van der Waals surface area contributed by atoms with Crippen molar-refractivity contribution in [1.82, 2.24) is 21.3 Å². The topological polar surface area (TPSA) is 246 Å². The number of aliphatic hydroxyl groups excluding tert-OH is 1. The van der Waals surface area contributed by atoms with E-state index >= 15 is 0 Å². The zero-order valence-corrected chi connectivity index (χ0v) is 45.3. The molecule has 0 bridgehead atoms. The number of hydrogen-bond donors (Lipinski definition) is 7. The van der Waals surface area contributed by atoms with Crippen molar-refractivity contribution in [1.29, 1.82) is 0 Å². The lowest BCUT2D eigenvalue weighted by atomic mass is 9.87. The largest absolute Gasteiger partial charge is 0.455 e. The second-order valence-corrected chi connectivity index (χ2v) is 21.6. The smallest absolute Gasteiger partial charge is 0.408 e. The molecule has 2 saturated carbocycles. The van der Waals surface area contributed by atoms with Crippen LogP contribution in [0, 0.1) is 35.0 Å². The first-order chi connectivity index (χ1) is 36.4. The van der Waals surface area contributed by atoms with Gasteiger partial charge in [-0.1, -0.05) is 112 Å². The fourth-order valence-corrected chi connectivity index (χ4v) is 11.0. The minimum Gasteiger partial charge on any atom is -0.455 e. The molecule has 6 rings (SSSR count). The number of anilines is 1. The molecule has 76 heavy (non-hydrogen) atoms. The van der Waals surface area contributed by atoms with Crippen molar-refractivity contribution in [3.63, 3.8) is 0 Å². The first kappa shape index (κ1) is 58.8. The van der Waals surface area contributed by atoms with E-state index in [-0.39, 0.29) is 67.0 Å². The first-order valence-electron chi connectivity index (χ1n) is 27.2. The number of carbonyl (C=O) groups is 6. The minimum atomic E-state index is -1.04. The van der Waals surface area contributed by atoms with Gasteiger partial charge in [-0.2, -0.15) is 0 Å². The van der Waals surface area contributed by atoms with Gasteiger partial charge in [0.05, 0.1) is 24.4 Å². The van der Waals surface area contributed by atoms with E-state index < -0.39 is 60.4 Å². The fourth-order valence-electron chi connectivity index (χ4n) is 11.0. The molecule has 8 N–H and O–H groups in total. The van der Waals surface area contributed by atoms with Gasteiger partial charge in [-0.3, -0.25) is 9.59 Å². The summed E-state index contributed by atoms with van der Waals surface area (Å²) in [6.45, 7) is 13.7. The molecule has 3 aliphatic carbocycles. The van der Waals surface area contributed by atoms with Crippen molar-refractivity contribution in [3.05, 3.63) is 114 Å². The van der Waals surface area contributed by atoms with Gasteiger partial charge in [-0.05, 0) is 120 Å². The molecule has 5 aliphatic rings. The van der Waals surface area contributed by atoms with E-state index in [0.29, 0.717) is 42.3 Å². The molecule has 0 aromatic heterocycles. The highest BCUT2D eigenvalue weighted by Crippen LogP contribution is 2.78. The number of esters is 1. The average Bonchev–Trinajstić information content (AvgIpc) is 4.42. The minimum absolute atomic E-state index is 0.0688. The molecule has 1 unspecified atom stereocenters. The maximum absolute atomic E-state index is 13.8. The van der Waals surface area contributed by atoms with Crippen LogP contribution in [0.5, 0.6) is 0 Å². The summed E-state index contributed by atoms with van der Waals surface area (Å²) in [5, 5.41) is 24.9. The Morgan fingerprint density at radius 2 is 1.67 bits per heavy atom. The molecule has 1 spiro atoms. The number of primary amides is 1. The standard InChI is InChI=1S/C59H82N6O11/c1-8-16-49-40(7)48(66)33-50(75-49)46(21-13-17-37(4)31-39(6)32-38(5)24-29-43-18-14-23-52(67)74-43)64-57(71)73-35-41-25-27-42(28-26-41)62-54(68)47(22-15-30-61-56(60)70)63-55(69)53(36(2)3)65-58(72)76-51-34-59(51)44-19-11-9-10-12-20-45(44)59/h8-10,13-14,16-17,21,23-29,32,36,39-40,43-51,53,66H,11-12,15,18-20,22,30-31,33-35H2,1-7H3,(H,62,68)(H,63,69)(H,64,71)(H,65,72)(H3,60,61,70)/b10-9?,16-8+,21-13+,29-24+,37-17+,38-32-/t39-,40+,43-,44-,45+,46-,47+,48-,49+,50+,51-,53+,59?/m1/s1. The van der Waals surface area contributed by atoms with E-state index in [4.69, 9.17) is 24.7 Å². The number of benzene rings is 1. The molecule has 0 radical (unpaired) electrons. The lowest BCUT2D eigenvalue weighted by Crippen LogP contribution is -2.54. The molecule has 2 heterocycles. The van der Waals surface area contributed by atoms with Crippen LogP contribution in [-0.4, -0.2) is 96.3 Å². The van der Waals surface area contributed by atoms with Gasteiger partial charge in [0, 0.05) is 42.5 Å². The number of hydrogen-bond acceptors (Lipinski definition) is 11. The van der Waals surface area contributed by atoms with Crippen LogP contribution in [0.4, 0.5) is 20.1 Å². The van der Waals surface area contributed by atoms with Crippen molar-refractivity contribution in [2.45, 2.75) is 168 Å². The van der Waals surface area contributed by atoms with Crippen LogP contribution in [0.1, 0.15) is 118 Å². The van der Waals surface area contributed by atoms with Crippen molar-refractivity contribution in [2.75, 3.05) is 11.9 Å². The Hall–Kier alpha value is -6.46. The van der Waals surface area contributed by atoms with Crippen LogP contribution >= 0.6 is 0 Å². The SMILES string of the molecule is C/C=C/[C@@H]1O[C@H]([C@@H](/C=C/C=C(\C)C[C@@H](C)/C=C(C)\C=C\[C@H]2CC=CC(=O)O2)NC(=O)OCc2ccc(NC(=O)[C@H](CCCNC(N)=O)NC(=O)[C@@H](NC(=O)O[C@@H]3CC34[C@@H]3CCC=CCC[C@@H]34)C(C)C)cc2)C[C@@H](O)[C@@H]1C. The quantitative estimate of drug-likeness (QED) is 0.0180. The summed E-state index contributed by atoms with van der Waals surface area (Å²) < 4.78 is 23.3. The first-order valence-corrected chi connectivity index (χ1v) is 27.2. The van der Waals surface area contributed by atoms with Gasteiger partial charge >= 0.3 is 24.2 Å². The molecular formula is C59H82N6O11. The van der Waals surface area contributed by atoms with E-state index in [1.807, 2.05) is 76.3 Å². The Balaban J connectivity index is 1.03. The van der Waals surface area contributed by atoms with Crippen LogP contribution in [-0.2, 0) is 39.9 Å². The summed E-state index contributed by atoms with van der Waals surface area (Å²) in [6.07, 6.45) is 27.2. The summed E-state index contributed by atoms with van der Waals surface area (Å²) in [5.41, 5.74) is 8.55. The van der Waals surface area contributed by atoms with E-state index in [9.17, 15) is 33.9 Å². The number of urea groups is 1. The predicted octanol–water partition coefficient (Wildman–Crippen LogP) is 8.67. The number of cyclic esters (lactones) is 1. The molecule has 2 aliphatic heterocycles. The summed E-state index contributed by atoms with van der Waals surface area (Å²) in [6, 6.07) is 3.33. The van der Waals surface area contributed by atoms with Gasteiger partial charge in [0.15, 0.2) is 0 Å². The maximum Gasteiger partial charge on any atom is 0.408 e. The van der Waals surface area contributed by atoms with Gasteiger partial charge in [0.2, 0.25) is 11.8 Å². The fraction of sp³-hybridized carbons (Fsp3) is 0.559. The van der Waals surface area contributed by atoms with Gasteiger partial charge in [0.25, 0.3) is 0 Å². The molecule has 3 fully saturated rings. The maximum atomic E-state index is 13.8. The van der Waals surface area contributed by atoms with Crippen LogP contribution in [0.3, 0.4) is 0 Å². The molecule has 1 aromatic rings. The number of allylic oxidation sites excluding steroid dienone is 9. The number of nitrogens with two attached hydrogens (primary N) is 1. The Morgan fingerprint density at radius 3 is 2.34 bits per heavy atom. The zero-order chi connectivity index (χ0) is 54.9. The molecule has 1 saturated heterocycles. The predicted molar refractivity (Wildman–Crippen MR) is 291 cm³/mol. The van der Waals surface area contributed by atoms with E-state index in [1.165, 1.54) is 6.08 Å². The highest BCUT2D eigenvalue weighted by molar-refractivity contribution is 5.98. The van der Waals surface area contributed by atoms with Crippen molar-refractivity contribution < 1.29 is 52.8 Å². The highest BCUT2D eigenvalue weighted by atomic mass is 16.6. The van der Waals surface area contributed by atoms with Crippen LogP contribution in [0.2, 0.25) is 0 Å². The summed E-state index contributed by atoms with van der Waals surface area (Å²) in [4.78, 5) is 77.2. The van der Waals surface area contributed by atoms with Crippen molar-refractivity contribution in [2.24, 2.45) is 40.7 Å². The highest BCUT2D eigenvalue weighted by Gasteiger charge is 2.78. The van der Waals surface area contributed by atoms with E-state index in [1.54, 1.807) is 38.1 Å². The number of amides is 6. The molecule has 13 atom stereocenters. The van der Waals surface area contributed by atoms with Crippen molar-refractivity contribution >= 4 is 41.7 Å². The number of carbonyl (C=O) groups excluding carboxylic acids is 6. The van der Waals surface area contributed by atoms with E-state index in [0.717, 1.165) is 49.7 Å². The molecule has 17 nitrogen and oxygen atoms in total. The normalized spacial score (nSPS) is 27.9. The van der Waals surface area contributed by atoms with Crippen LogP contribution in [0.25, 0.3) is 0 Å². The summed E-state index contributed by atoms with van der Waals surface area (Å²) in [7, 11) is 0. The Kier molecular flexibility index (Phi) is 21.7. The average molecular weight is 1050 g/mol. The molecular weight excluding hydrogens is 969 g/mol. The number of fused-ring (bicyclic) bond motifs is 3. The number of ether oxygens (including phenoxy) is 4.